The zero-order valence-corrected chi connectivity index (χ0v) is 12.0. The lowest BCUT2D eigenvalue weighted by Crippen LogP contribution is -2.55. The van der Waals surface area contributed by atoms with E-state index < -0.39 is 39.4 Å². The fourth-order valence-corrected chi connectivity index (χ4v) is 2.08. The first kappa shape index (κ1) is 16.9. The Morgan fingerprint density at radius 1 is 1.22 bits per heavy atom. The number of rotatable bonds is 5. The largest absolute Gasteiger partial charge is 0.480 e. The average molecular weight is 280 g/mol. The predicted molar refractivity (Wildman–Crippen MR) is 66.5 cm³/mol. The highest BCUT2D eigenvalue weighted by molar-refractivity contribution is 7.88. The Morgan fingerprint density at radius 2 is 1.67 bits per heavy atom. The second kappa shape index (κ2) is 5.66. The van der Waals surface area contributed by atoms with Crippen LogP contribution < -0.4 is 10.0 Å². The fourth-order valence-electron chi connectivity index (χ4n) is 1.20. The van der Waals surface area contributed by atoms with E-state index in [-0.39, 0.29) is 0 Å². The van der Waals surface area contributed by atoms with Gasteiger partial charge >= 0.3 is 5.97 Å². The second-order valence-corrected chi connectivity index (χ2v) is 7.04. The average Bonchev–Trinajstić information content (AvgIpc) is 2.10. The highest BCUT2D eigenvalue weighted by atomic mass is 32.2. The van der Waals surface area contributed by atoms with Gasteiger partial charge in [0, 0.05) is 0 Å². The molecule has 0 aliphatic rings. The minimum absolute atomic E-state index is 0.664. The van der Waals surface area contributed by atoms with Crippen LogP contribution in [0.15, 0.2) is 0 Å². The van der Waals surface area contributed by atoms with E-state index in [1.54, 1.807) is 20.8 Å². The highest BCUT2D eigenvalue weighted by Crippen LogP contribution is 2.20. The second-order valence-electron chi connectivity index (χ2n) is 5.26. The van der Waals surface area contributed by atoms with Crippen molar-refractivity contribution in [1.82, 2.24) is 10.0 Å². The summed E-state index contributed by atoms with van der Waals surface area (Å²) < 4.78 is 24.6. The summed E-state index contributed by atoms with van der Waals surface area (Å²) in [7, 11) is -3.57. The lowest BCUT2D eigenvalue weighted by Gasteiger charge is -2.30. The van der Waals surface area contributed by atoms with Crippen LogP contribution in [0.5, 0.6) is 0 Å². The Labute approximate surface area is 107 Å². The highest BCUT2D eigenvalue weighted by Gasteiger charge is 2.34. The van der Waals surface area contributed by atoms with E-state index in [1.807, 2.05) is 0 Å². The number of amides is 1. The Morgan fingerprint density at radius 3 is 1.94 bits per heavy atom. The minimum atomic E-state index is -3.57. The number of hydrogen-bond acceptors (Lipinski definition) is 4. The van der Waals surface area contributed by atoms with Crippen molar-refractivity contribution in [3.05, 3.63) is 0 Å². The van der Waals surface area contributed by atoms with E-state index in [9.17, 15) is 18.0 Å². The molecule has 0 aromatic carbocycles. The maximum Gasteiger partial charge on any atom is 0.325 e. The molecule has 2 unspecified atom stereocenters. The molecule has 0 aromatic heterocycles. The summed E-state index contributed by atoms with van der Waals surface area (Å²) in [5, 5.41) is 10.9. The van der Waals surface area contributed by atoms with E-state index >= 15 is 0 Å². The summed E-state index contributed by atoms with van der Waals surface area (Å²) in [6, 6.07) is -2.11. The lowest BCUT2D eigenvalue weighted by molar-refractivity contribution is -0.141. The summed E-state index contributed by atoms with van der Waals surface area (Å²) >= 11 is 0. The fraction of sp³-hybridized carbons (Fsp3) is 0.800. The van der Waals surface area contributed by atoms with Crippen molar-refractivity contribution in [2.75, 3.05) is 6.26 Å². The van der Waals surface area contributed by atoms with E-state index in [2.05, 4.69) is 10.0 Å². The summed E-state index contributed by atoms with van der Waals surface area (Å²) in [6.07, 6.45) is 0.944. The van der Waals surface area contributed by atoms with Gasteiger partial charge in [-0.2, -0.15) is 0 Å². The van der Waals surface area contributed by atoms with E-state index in [0.29, 0.717) is 0 Å². The molecule has 0 saturated heterocycles. The standard InChI is InChI=1S/C10H20N2O5S/c1-6(9(14)15)11-8(13)7(10(2,3)4)12-18(5,16)17/h6-7,12H,1-5H3,(H,11,13)(H,14,15). The number of carbonyl (C=O) groups is 2. The van der Waals surface area contributed by atoms with E-state index in [4.69, 9.17) is 5.11 Å². The van der Waals surface area contributed by atoms with Gasteiger partial charge in [-0.1, -0.05) is 20.8 Å². The van der Waals surface area contributed by atoms with Crippen molar-refractivity contribution >= 4 is 21.9 Å². The van der Waals surface area contributed by atoms with Gasteiger partial charge in [-0.25, -0.2) is 13.1 Å². The van der Waals surface area contributed by atoms with Crippen LogP contribution in [0, 0.1) is 5.41 Å². The molecule has 0 aromatic rings. The van der Waals surface area contributed by atoms with Gasteiger partial charge in [0.15, 0.2) is 0 Å². The van der Waals surface area contributed by atoms with Crippen molar-refractivity contribution in [1.29, 1.82) is 0 Å². The predicted octanol–water partition coefficient (Wildman–Crippen LogP) is -0.460. The molecular weight excluding hydrogens is 260 g/mol. The molecular formula is C10H20N2O5S. The van der Waals surface area contributed by atoms with Gasteiger partial charge in [0.25, 0.3) is 0 Å². The van der Waals surface area contributed by atoms with Crippen molar-refractivity contribution < 1.29 is 23.1 Å². The maximum atomic E-state index is 11.9. The van der Waals surface area contributed by atoms with E-state index in [1.165, 1.54) is 6.92 Å². The number of aliphatic carboxylic acids is 1. The zero-order chi connectivity index (χ0) is 14.7. The van der Waals surface area contributed by atoms with Gasteiger partial charge in [-0.15, -0.1) is 0 Å². The minimum Gasteiger partial charge on any atom is -0.480 e. The quantitative estimate of drug-likeness (QED) is 0.631. The Balaban J connectivity index is 5.00. The number of hydrogen-bond donors (Lipinski definition) is 3. The van der Waals surface area contributed by atoms with Gasteiger partial charge in [0.1, 0.15) is 12.1 Å². The number of carboxylic acids is 1. The monoisotopic (exact) mass is 280 g/mol. The third kappa shape index (κ3) is 5.97. The Bertz CT molecular complexity index is 424. The maximum absolute atomic E-state index is 11.9. The first-order chi connectivity index (χ1) is 7.84. The van der Waals surface area contributed by atoms with Crippen LogP contribution in [0.3, 0.4) is 0 Å². The normalized spacial score (nSPS) is 15.8. The molecule has 2 atom stereocenters. The molecule has 0 aliphatic heterocycles. The number of nitrogens with one attached hydrogen (secondary N) is 2. The van der Waals surface area contributed by atoms with Crippen LogP contribution in [0.1, 0.15) is 27.7 Å². The van der Waals surface area contributed by atoms with Crippen LogP contribution in [0.25, 0.3) is 0 Å². The number of carboxylic acid groups (broad SMARTS) is 1. The SMILES string of the molecule is CC(NC(=O)C(NS(C)(=O)=O)C(C)(C)C)C(=O)O. The Kier molecular flexibility index (Phi) is 5.30. The van der Waals surface area contributed by atoms with E-state index in [0.717, 1.165) is 6.26 Å². The molecule has 18 heavy (non-hydrogen) atoms. The van der Waals surface area contributed by atoms with Gasteiger partial charge in [0.2, 0.25) is 15.9 Å². The lowest BCUT2D eigenvalue weighted by atomic mass is 9.87. The molecule has 7 nitrogen and oxygen atoms in total. The third-order valence-corrected chi connectivity index (χ3v) is 2.85. The van der Waals surface area contributed by atoms with Crippen LogP contribution in [-0.4, -0.2) is 43.7 Å². The smallest absolute Gasteiger partial charge is 0.325 e. The van der Waals surface area contributed by atoms with Crippen LogP contribution >= 0.6 is 0 Å². The molecule has 1 amide bonds. The molecule has 0 spiro atoms. The topological polar surface area (TPSA) is 113 Å². The summed E-state index contributed by atoms with van der Waals surface area (Å²) in [6.45, 7) is 6.35. The number of sulfonamides is 1. The molecule has 0 fully saturated rings. The van der Waals surface area contributed by atoms with Crippen LogP contribution in [0.4, 0.5) is 0 Å². The van der Waals surface area contributed by atoms with Crippen molar-refractivity contribution in [3.8, 4) is 0 Å². The molecule has 0 bridgehead atoms. The number of carbonyl (C=O) groups excluding carboxylic acids is 1. The van der Waals surface area contributed by atoms with Crippen molar-refractivity contribution in [3.63, 3.8) is 0 Å². The molecule has 3 N–H and O–H groups in total. The van der Waals surface area contributed by atoms with Gasteiger partial charge in [-0.3, -0.25) is 9.59 Å². The van der Waals surface area contributed by atoms with Crippen LogP contribution in [-0.2, 0) is 19.6 Å². The zero-order valence-electron chi connectivity index (χ0n) is 11.1. The summed E-state index contributed by atoms with van der Waals surface area (Å²) in [4.78, 5) is 22.5. The van der Waals surface area contributed by atoms with Crippen molar-refractivity contribution in [2.45, 2.75) is 39.8 Å². The molecule has 0 radical (unpaired) electrons. The molecule has 0 saturated carbocycles. The van der Waals surface area contributed by atoms with Gasteiger partial charge < -0.3 is 10.4 Å². The first-order valence-electron chi connectivity index (χ1n) is 5.35. The van der Waals surface area contributed by atoms with Gasteiger partial charge in [0.05, 0.1) is 6.26 Å². The third-order valence-electron chi connectivity index (χ3n) is 2.19. The molecule has 8 heteroatoms. The molecule has 0 heterocycles. The summed E-state index contributed by atoms with van der Waals surface area (Å²) in [5.74, 6) is -1.85. The summed E-state index contributed by atoms with van der Waals surface area (Å²) in [5.41, 5.74) is -0.675. The van der Waals surface area contributed by atoms with Crippen LogP contribution in [0.2, 0.25) is 0 Å². The van der Waals surface area contributed by atoms with Crippen molar-refractivity contribution in [2.24, 2.45) is 5.41 Å². The molecule has 0 rings (SSSR count). The Hall–Kier alpha value is -1.15. The van der Waals surface area contributed by atoms with Gasteiger partial charge in [-0.05, 0) is 12.3 Å². The first-order valence-corrected chi connectivity index (χ1v) is 7.24. The molecule has 106 valence electrons. The molecule has 0 aliphatic carbocycles.